The summed E-state index contributed by atoms with van der Waals surface area (Å²) in [6.07, 6.45) is 0.401. The van der Waals surface area contributed by atoms with E-state index in [1.807, 2.05) is 37.3 Å². The van der Waals surface area contributed by atoms with Gasteiger partial charge in [-0.15, -0.1) is 0 Å². The number of hydrogen-bond donors (Lipinski definition) is 0. The van der Waals surface area contributed by atoms with E-state index in [0.717, 1.165) is 5.56 Å². The molecule has 1 aromatic rings. The zero-order chi connectivity index (χ0) is 10.1. The third kappa shape index (κ3) is 1.37. The first-order valence-corrected chi connectivity index (χ1v) is 4.81. The van der Waals surface area contributed by atoms with Crippen LogP contribution in [0.1, 0.15) is 24.8 Å². The molecular weight excluding hydrogens is 176 g/mol. The van der Waals surface area contributed by atoms with E-state index in [-0.39, 0.29) is 17.5 Å². The molecule has 1 fully saturated rings. The number of ketones is 2. The fourth-order valence-electron chi connectivity index (χ4n) is 1.96. The highest BCUT2D eigenvalue weighted by Crippen LogP contribution is 2.31. The number of rotatable bonds is 1. The van der Waals surface area contributed by atoms with Crippen molar-refractivity contribution in [1.82, 2.24) is 0 Å². The first-order valence-electron chi connectivity index (χ1n) is 4.81. The van der Waals surface area contributed by atoms with E-state index in [0.29, 0.717) is 6.42 Å². The molecule has 2 unspecified atom stereocenters. The first-order chi connectivity index (χ1) is 6.70. The van der Waals surface area contributed by atoms with Crippen LogP contribution in [-0.2, 0) is 9.59 Å². The maximum atomic E-state index is 11.7. The lowest BCUT2D eigenvalue weighted by Crippen LogP contribution is -2.13. The molecule has 0 spiro atoms. The maximum Gasteiger partial charge on any atom is 0.150 e. The second-order valence-electron chi connectivity index (χ2n) is 3.82. The van der Waals surface area contributed by atoms with Gasteiger partial charge in [-0.1, -0.05) is 37.3 Å². The van der Waals surface area contributed by atoms with E-state index in [2.05, 4.69) is 0 Å². The van der Waals surface area contributed by atoms with E-state index >= 15 is 0 Å². The van der Waals surface area contributed by atoms with Crippen molar-refractivity contribution in [1.29, 1.82) is 0 Å². The minimum Gasteiger partial charge on any atom is -0.298 e. The smallest absolute Gasteiger partial charge is 0.150 e. The van der Waals surface area contributed by atoms with Crippen LogP contribution in [-0.4, -0.2) is 11.6 Å². The molecule has 0 bridgehead atoms. The molecule has 0 amide bonds. The minimum absolute atomic E-state index is 0.0636. The Morgan fingerprint density at radius 3 is 2.29 bits per heavy atom. The van der Waals surface area contributed by atoms with Gasteiger partial charge >= 0.3 is 0 Å². The summed E-state index contributed by atoms with van der Waals surface area (Å²) >= 11 is 0. The van der Waals surface area contributed by atoms with Crippen molar-refractivity contribution in [2.75, 3.05) is 0 Å². The van der Waals surface area contributed by atoms with Gasteiger partial charge in [0.15, 0.2) is 5.78 Å². The van der Waals surface area contributed by atoms with Crippen LogP contribution in [0.3, 0.4) is 0 Å². The third-order valence-corrected chi connectivity index (χ3v) is 2.73. The van der Waals surface area contributed by atoms with E-state index in [1.165, 1.54) is 0 Å². The highest BCUT2D eigenvalue weighted by atomic mass is 16.2. The summed E-state index contributed by atoms with van der Waals surface area (Å²) in [5, 5.41) is 0. The SMILES string of the molecule is CC1CC(=O)C(c2ccccc2)C1=O. The Hall–Kier alpha value is -1.44. The van der Waals surface area contributed by atoms with Crippen molar-refractivity contribution in [2.45, 2.75) is 19.3 Å². The molecule has 0 radical (unpaired) electrons. The van der Waals surface area contributed by atoms with Crippen LogP contribution >= 0.6 is 0 Å². The van der Waals surface area contributed by atoms with Crippen LogP contribution in [0, 0.1) is 5.92 Å². The molecular formula is C12H12O2. The fraction of sp³-hybridized carbons (Fsp3) is 0.333. The Balaban J connectivity index is 2.36. The van der Waals surface area contributed by atoms with Crippen LogP contribution in [0.15, 0.2) is 30.3 Å². The number of carbonyl (C=O) groups is 2. The quantitative estimate of drug-likeness (QED) is 0.631. The van der Waals surface area contributed by atoms with E-state index in [1.54, 1.807) is 0 Å². The average molecular weight is 188 g/mol. The molecule has 0 aromatic heterocycles. The Labute approximate surface area is 82.9 Å². The molecule has 2 heteroatoms. The zero-order valence-corrected chi connectivity index (χ0v) is 8.07. The largest absolute Gasteiger partial charge is 0.298 e. The third-order valence-electron chi connectivity index (χ3n) is 2.73. The summed E-state index contributed by atoms with van der Waals surface area (Å²) in [4.78, 5) is 23.3. The van der Waals surface area contributed by atoms with Gasteiger partial charge in [0.1, 0.15) is 11.7 Å². The zero-order valence-electron chi connectivity index (χ0n) is 8.07. The molecule has 72 valence electrons. The van der Waals surface area contributed by atoms with E-state index in [4.69, 9.17) is 0 Å². The lowest BCUT2D eigenvalue weighted by molar-refractivity contribution is -0.124. The number of benzene rings is 1. The van der Waals surface area contributed by atoms with Crippen molar-refractivity contribution in [3.05, 3.63) is 35.9 Å². The lowest BCUT2D eigenvalue weighted by Gasteiger charge is -2.06. The molecule has 1 aliphatic carbocycles. The molecule has 1 aliphatic rings. The van der Waals surface area contributed by atoms with Crippen LogP contribution in [0.5, 0.6) is 0 Å². The molecule has 2 atom stereocenters. The molecule has 0 N–H and O–H groups in total. The van der Waals surface area contributed by atoms with Crippen molar-refractivity contribution in [3.63, 3.8) is 0 Å². The van der Waals surface area contributed by atoms with Crippen molar-refractivity contribution in [2.24, 2.45) is 5.92 Å². The van der Waals surface area contributed by atoms with E-state index in [9.17, 15) is 9.59 Å². The average Bonchev–Trinajstić information content (AvgIpc) is 2.43. The first kappa shape index (κ1) is 9.13. The Kier molecular flexibility index (Phi) is 2.20. The molecule has 1 aromatic carbocycles. The molecule has 14 heavy (non-hydrogen) atoms. The van der Waals surface area contributed by atoms with Crippen LogP contribution in [0.25, 0.3) is 0 Å². The molecule has 0 aliphatic heterocycles. The molecule has 2 rings (SSSR count). The molecule has 1 saturated carbocycles. The van der Waals surface area contributed by atoms with E-state index < -0.39 is 5.92 Å². The molecule has 0 heterocycles. The Morgan fingerprint density at radius 1 is 1.14 bits per heavy atom. The summed E-state index contributed by atoms with van der Waals surface area (Å²) in [5.41, 5.74) is 0.840. The highest BCUT2D eigenvalue weighted by molar-refractivity contribution is 6.14. The summed E-state index contributed by atoms with van der Waals surface area (Å²) in [5.74, 6) is -0.464. The summed E-state index contributed by atoms with van der Waals surface area (Å²) in [6.45, 7) is 1.82. The monoisotopic (exact) mass is 188 g/mol. The van der Waals surface area contributed by atoms with Crippen molar-refractivity contribution in [3.8, 4) is 0 Å². The van der Waals surface area contributed by atoms with Gasteiger partial charge in [0.25, 0.3) is 0 Å². The summed E-state index contributed by atoms with van der Waals surface area (Å²) in [6, 6.07) is 9.30. The predicted molar refractivity (Wildman–Crippen MR) is 53.0 cm³/mol. The maximum absolute atomic E-state index is 11.7. The second-order valence-corrected chi connectivity index (χ2v) is 3.82. The number of Topliss-reactive ketones (excluding diaryl/α,β-unsaturated/α-hetero) is 2. The second kappa shape index (κ2) is 3.37. The van der Waals surface area contributed by atoms with Crippen molar-refractivity contribution >= 4 is 11.6 Å². The Morgan fingerprint density at radius 2 is 1.79 bits per heavy atom. The number of carbonyl (C=O) groups excluding carboxylic acids is 2. The normalized spacial score (nSPS) is 26.9. The molecule has 2 nitrogen and oxygen atoms in total. The molecule has 0 saturated heterocycles. The standard InChI is InChI=1S/C12H12O2/c1-8-7-10(13)11(12(8)14)9-5-3-2-4-6-9/h2-6,8,11H,7H2,1H3. The summed E-state index contributed by atoms with van der Waals surface area (Å²) < 4.78 is 0. The predicted octanol–water partition coefficient (Wildman–Crippen LogP) is 1.95. The van der Waals surface area contributed by atoms with Crippen LogP contribution in [0.2, 0.25) is 0 Å². The van der Waals surface area contributed by atoms with Gasteiger partial charge in [0.05, 0.1) is 0 Å². The van der Waals surface area contributed by atoms with Crippen LogP contribution in [0.4, 0.5) is 0 Å². The summed E-state index contributed by atoms with van der Waals surface area (Å²) in [7, 11) is 0. The van der Waals surface area contributed by atoms with Gasteiger partial charge in [0, 0.05) is 12.3 Å². The van der Waals surface area contributed by atoms with Gasteiger partial charge in [-0.2, -0.15) is 0 Å². The Bertz CT molecular complexity index is 367. The highest BCUT2D eigenvalue weighted by Gasteiger charge is 2.39. The fourth-order valence-corrected chi connectivity index (χ4v) is 1.96. The van der Waals surface area contributed by atoms with Crippen LogP contribution < -0.4 is 0 Å². The van der Waals surface area contributed by atoms with Gasteiger partial charge < -0.3 is 0 Å². The number of hydrogen-bond acceptors (Lipinski definition) is 2. The van der Waals surface area contributed by atoms with Gasteiger partial charge in [-0.25, -0.2) is 0 Å². The lowest BCUT2D eigenvalue weighted by atomic mass is 9.95. The van der Waals surface area contributed by atoms with Gasteiger partial charge in [0.2, 0.25) is 0 Å². The van der Waals surface area contributed by atoms with Crippen molar-refractivity contribution < 1.29 is 9.59 Å². The topological polar surface area (TPSA) is 34.1 Å². The minimum atomic E-state index is -0.494. The van der Waals surface area contributed by atoms with Gasteiger partial charge in [-0.05, 0) is 5.56 Å². The van der Waals surface area contributed by atoms with Gasteiger partial charge in [-0.3, -0.25) is 9.59 Å².